The van der Waals surface area contributed by atoms with Crippen LogP contribution in [0.3, 0.4) is 0 Å². The Labute approximate surface area is 151 Å². The van der Waals surface area contributed by atoms with Crippen LogP contribution >= 0.6 is 0 Å². The molecule has 0 aliphatic heterocycles. The molecule has 1 atom stereocenters. The molecule has 0 saturated carbocycles. The third-order valence-corrected chi connectivity index (χ3v) is 3.80. The van der Waals surface area contributed by atoms with E-state index in [0.717, 1.165) is 5.56 Å². The van der Waals surface area contributed by atoms with Crippen molar-refractivity contribution in [2.24, 2.45) is 0 Å². The molecule has 0 unspecified atom stereocenters. The standard InChI is InChI=1S/C19H22F2N2O3/c1-13(15-6-4-3-5-7-15)22-12-18(24)23-11-14-8-9-16(26-19(20)21)17(10-14)25-2/h3-10,13,19,22H,11-12H2,1-2H3,(H,23,24)/t13-/m1/s1. The summed E-state index contributed by atoms with van der Waals surface area (Å²) in [6, 6.07) is 14.4. The molecule has 2 aromatic carbocycles. The fraction of sp³-hybridized carbons (Fsp3) is 0.316. The van der Waals surface area contributed by atoms with Crippen LogP contribution in [0.2, 0.25) is 0 Å². The van der Waals surface area contributed by atoms with Gasteiger partial charge in [0.2, 0.25) is 5.91 Å². The lowest BCUT2D eigenvalue weighted by molar-refractivity contribution is -0.120. The molecule has 0 aromatic heterocycles. The van der Waals surface area contributed by atoms with Crippen molar-refractivity contribution < 1.29 is 23.0 Å². The molecule has 1 amide bonds. The van der Waals surface area contributed by atoms with E-state index in [-0.39, 0.29) is 36.5 Å². The van der Waals surface area contributed by atoms with Gasteiger partial charge in [0.1, 0.15) is 0 Å². The van der Waals surface area contributed by atoms with E-state index in [1.165, 1.54) is 13.2 Å². The first-order chi connectivity index (χ1) is 12.5. The van der Waals surface area contributed by atoms with Crippen LogP contribution in [0.4, 0.5) is 8.78 Å². The second-order valence-corrected chi connectivity index (χ2v) is 5.65. The van der Waals surface area contributed by atoms with Gasteiger partial charge in [-0.2, -0.15) is 8.78 Å². The largest absolute Gasteiger partial charge is 0.493 e. The van der Waals surface area contributed by atoms with Gasteiger partial charge in [0.15, 0.2) is 11.5 Å². The number of benzene rings is 2. The second kappa shape index (κ2) is 9.72. The van der Waals surface area contributed by atoms with E-state index in [1.807, 2.05) is 37.3 Å². The number of ether oxygens (including phenoxy) is 2. The van der Waals surface area contributed by atoms with Crippen LogP contribution in [0, 0.1) is 0 Å². The molecule has 0 radical (unpaired) electrons. The molecule has 0 saturated heterocycles. The Kier molecular flexibility index (Phi) is 7.35. The minimum atomic E-state index is -2.92. The summed E-state index contributed by atoms with van der Waals surface area (Å²) in [5.74, 6) is -0.0246. The second-order valence-electron chi connectivity index (χ2n) is 5.65. The molecule has 0 aliphatic carbocycles. The predicted octanol–water partition coefficient (Wildman–Crippen LogP) is 3.26. The minimum Gasteiger partial charge on any atom is -0.493 e. The van der Waals surface area contributed by atoms with Gasteiger partial charge in [0, 0.05) is 12.6 Å². The quantitative estimate of drug-likeness (QED) is 0.717. The number of rotatable bonds is 9. The molecule has 0 heterocycles. The Balaban J connectivity index is 1.83. The van der Waals surface area contributed by atoms with Gasteiger partial charge in [-0.15, -0.1) is 0 Å². The van der Waals surface area contributed by atoms with Crippen LogP contribution in [-0.2, 0) is 11.3 Å². The highest BCUT2D eigenvalue weighted by Crippen LogP contribution is 2.29. The third-order valence-electron chi connectivity index (χ3n) is 3.80. The number of amides is 1. The summed E-state index contributed by atoms with van der Waals surface area (Å²) >= 11 is 0. The summed E-state index contributed by atoms with van der Waals surface area (Å²) in [4.78, 5) is 12.0. The highest BCUT2D eigenvalue weighted by molar-refractivity contribution is 5.78. The number of nitrogens with one attached hydrogen (secondary N) is 2. The summed E-state index contributed by atoms with van der Waals surface area (Å²) in [5, 5.41) is 5.92. The molecular formula is C19H22F2N2O3. The fourth-order valence-electron chi connectivity index (χ4n) is 2.38. The lowest BCUT2D eigenvalue weighted by Crippen LogP contribution is -2.34. The molecule has 2 N–H and O–H groups in total. The van der Waals surface area contributed by atoms with Gasteiger partial charge < -0.3 is 20.1 Å². The van der Waals surface area contributed by atoms with E-state index < -0.39 is 6.61 Å². The Morgan fingerprint density at radius 1 is 1.12 bits per heavy atom. The highest BCUT2D eigenvalue weighted by atomic mass is 19.3. The molecule has 0 fully saturated rings. The van der Waals surface area contributed by atoms with E-state index in [1.54, 1.807) is 12.1 Å². The monoisotopic (exact) mass is 364 g/mol. The van der Waals surface area contributed by atoms with E-state index >= 15 is 0 Å². The number of alkyl halides is 2. The van der Waals surface area contributed by atoms with Crippen molar-refractivity contribution in [3.8, 4) is 11.5 Å². The predicted molar refractivity (Wildman–Crippen MR) is 94.3 cm³/mol. The molecule has 0 bridgehead atoms. The first-order valence-corrected chi connectivity index (χ1v) is 8.16. The van der Waals surface area contributed by atoms with Crippen molar-refractivity contribution >= 4 is 5.91 Å². The van der Waals surface area contributed by atoms with E-state index in [4.69, 9.17) is 4.74 Å². The van der Waals surface area contributed by atoms with Crippen LogP contribution in [0.15, 0.2) is 48.5 Å². The maximum atomic E-state index is 12.3. The van der Waals surface area contributed by atoms with Gasteiger partial charge in [0.05, 0.1) is 13.7 Å². The minimum absolute atomic E-state index is 0.0454. The van der Waals surface area contributed by atoms with Crippen molar-refractivity contribution in [2.75, 3.05) is 13.7 Å². The topological polar surface area (TPSA) is 59.6 Å². The summed E-state index contributed by atoms with van der Waals surface area (Å²) < 4.78 is 34.1. The van der Waals surface area contributed by atoms with Crippen molar-refractivity contribution in [1.82, 2.24) is 10.6 Å². The highest BCUT2D eigenvalue weighted by Gasteiger charge is 2.12. The molecule has 26 heavy (non-hydrogen) atoms. The number of methoxy groups -OCH3 is 1. The lowest BCUT2D eigenvalue weighted by atomic mass is 10.1. The Bertz CT molecular complexity index is 711. The van der Waals surface area contributed by atoms with Gasteiger partial charge in [-0.3, -0.25) is 4.79 Å². The zero-order valence-electron chi connectivity index (χ0n) is 14.7. The van der Waals surface area contributed by atoms with Gasteiger partial charge in [-0.25, -0.2) is 0 Å². The Hall–Kier alpha value is -2.67. The van der Waals surface area contributed by atoms with Gasteiger partial charge >= 0.3 is 6.61 Å². The average Bonchev–Trinajstić information content (AvgIpc) is 2.65. The first kappa shape index (κ1) is 19.7. The van der Waals surface area contributed by atoms with Crippen molar-refractivity contribution in [3.05, 3.63) is 59.7 Å². The van der Waals surface area contributed by atoms with Crippen LogP contribution < -0.4 is 20.1 Å². The number of hydrogen-bond donors (Lipinski definition) is 2. The van der Waals surface area contributed by atoms with Gasteiger partial charge in [-0.1, -0.05) is 36.4 Å². The number of carbonyl (C=O) groups is 1. The zero-order chi connectivity index (χ0) is 18.9. The number of halogens is 2. The first-order valence-electron chi connectivity index (χ1n) is 8.16. The van der Waals surface area contributed by atoms with Crippen molar-refractivity contribution in [3.63, 3.8) is 0 Å². The maximum absolute atomic E-state index is 12.3. The normalized spacial score (nSPS) is 11.9. The van der Waals surface area contributed by atoms with Crippen LogP contribution in [0.5, 0.6) is 11.5 Å². The lowest BCUT2D eigenvalue weighted by Gasteiger charge is -2.14. The zero-order valence-corrected chi connectivity index (χ0v) is 14.7. The summed E-state index contributed by atoms with van der Waals surface area (Å²) in [7, 11) is 1.37. The summed E-state index contributed by atoms with van der Waals surface area (Å²) in [5.41, 5.74) is 1.81. The van der Waals surface area contributed by atoms with E-state index in [2.05, 4.69) is 15.4 Å². The summed E-state index contributed by atoms with van der Waals surface area (Å²) in [6.45, 7) is -0.521. The SMILES string of the molecule is COc1cc(CNC(=O)CN[C@H](C)c2ccccc2)ccc1OC(F)F. The molecule has 2 aromatic rings. The van der Waals surface area contributed by atoms with Crippen LogP contribution in [-0.4, -0.2) is 26.2 Å². The smallest absolute Gasteiger partial charge is 0.387 e. The third kappa shape index (κ3) is 6.00. The van der Waals surface area contributed by atoms with Crippen LogP contribution in [0.25, 0.3) is 0 Å². The summed E-state index contributed by atoms with van der Waals surface area (Å²) in [6.07, 6.45) is 0. The molecule has 7 heteroatoms. The average molecular weight is 364 g/mol. The molecule has 0 spiro atoms. The molecule has 2 rings (SSSR count). The van der Waals surface area contributed by atoms with Gasteiger partial charge in [0.25, 0.3) is 0 Å². The Morgan fingerprint density at radius 3 is 2.50 bits per heavy atom. The maximum Gasteiger partial charge on any atom is 0.387 e. The Morgan fingerprint density at radius 2 is 1.85 bits per heavy atom. The fourth-order valence-corrected chi connectivity index (χ4v) is 2.38. The van der Waals surface area contributed by atoms with Crippen molar-refractivity contribution in [2.45, 2.75) is 26.1 Å². The van der Waals surface area contributed by atoms with E-state index in [0.29, 0.717) is 5.56 Å². The van der Waals surface area contributed by atoms with Crippen molar-refractivity contribution in [1.29, 1.82) is 0 Å². The molecule has 0 aliphatic rings. The molecular weight excluding hydrogens is 342 g/mol. The molecule has 140 valence electrons. The number of carbonyl (C=O) groups excluding carboxylic acids is 1. The van der Waals surface area contributed by atoms with Crippen LogP contribution in [0.1, 0.15) is 24.1 Å². The van der Waals surface area contributed by atoms with E-state index in [9.17, 15) is 13.6 Å². The van der Waals surface area contributed by atoms with Gasteiger partial charge in [-0.05, 0) is 30.2 Å². The number of hydrogen-bond acceptors (Lipinski definition) is 4. The molecule has 5 nitrogen and oxygen atoms in total.